The molecule has 94 valence electrons. The topological polar surface area (TPSA) is 75.6 Å². The van der Waals surface area contributed by atoms with Gasteiger partial charge in [0.1, 0.15) is 6.23 Å². The Kier molecular flexibility index (Phi) is 3.03. The zero-order valence-corrected chi connectivity index (χ0v) is 10.5. The van der Waals surface area contributed by atoms with E-state index in [-0.39, 0.29) is 5.92 Å². The Bertz CT molecular complexity index is 363. The molecular weight excluding hydrogens is 230 g/mol. The highest BCUT2D eigenvalue weighted by Gasteiger charge is 2.46. The number of nitrogens with one attached hydrogen (secondary N) is 1. The van der Waals surface area contributed by atoms with Crippen LogP contribution in [0.3, 0.4) is 0 Å². The lowest BCUT2D eigenvalue weighted by Crippen LogP contribution is -2.39. The van der Waals surface area contributed by atoms with Gasteiger partial charge in [-0.15, -0.1) is 0 Å². The van der Waals surface area contributed by atoms with Gasteiger partial charge in [0, 0.05) is 5.92 Å². The standard InChI is InChI=1S/C10H19NO4S/c1-3-7-6-8(7)9(12)11-16(13,14)15-10(2)4-5-10/h7-9,11-12H,3-6H2,1-2H3. The molecule has 0 aromatic heterocycles. The van der Waals surface area contributed by atoms with E-state index in [0.717, 1.165) is 25.7 Å². The average Bonchev–Trinajstić information content (AvgIpc) is 3.00. The summed E-state index contributed by atoms with van der Waals surface area (Å²) >= 11 is 0. The van der Waals surface area contributed by atoms with E-state index in [2.05, 4.69) is 4.72 Å². The molecule has 16 heavy (non-hydrogen) atoms. The molecular formula is C10H19NO4S. The third-order valence-corrected chi connectivity index (χ3v) is 4.59. The van der Waals surface area contributed by atoms with Crippen LogP contribution in [-0.4, -0.2) is 25.4 Å². The zero-order chi connectivity index (χ0) is 12.0. The first-order valence-electron chi connectivity index (χ1n) is 5.76. The van der Waals surface area contributed by atoms with Crippen LogP contribution in [-0.2, 0) is 14.5 Å². The molecule has 0 aliphatic heterocycles. The van der Waals surface area contributed by atoms with Crippen LogP contribution in [0.5, 0.6) is 0 Å². The fourth-order valence-corrected chi connectivity index (χ4v) is 3.13. The van der Waals surface area contributed by atoms with E-state index in [1.54, 1.807) is 6.92 Å². The van der Waals surface area contributed by atoms with Crippen LogP contribution in [0.1, 0.15) is 39.5 Å². The smallest absolute Gasteiger partial charge is 0.338 e. The van der Waals surface area contributed by atoms with Crippen LogP contribution in [0.4, 0.5) is 0 Å². The molecule has 0 radical (unpaired) electrons. The lowest BCUT2D eigenvalue weighted by Gasteiger charge is -2.15. The second-order valence-corrected chi connectivity index (χ2v) is 6.43. The van der Waals surface area contributed by atoms with Gasteiger partial charge in [-0.1, -0.05) is 13.3 Å². The number of aliphatic hydroxyl groups excluding tert-OH is 1. The Balaban J connectivity index is 1.84. The largest absolute Gasteiger partial charge is 0.377 e. The molecule has 0 aromatic rings. The number of hydrogen-bond acceptors (Lipinski definition) is 4. The summed E-state index contributed by atoms with van der Waals surface area (Å²) in [6, 6.07) is 0. The summed E-state index contributed by atoms with van der Waals surface area (Å²) < 4.78 is 30.2. The molecule has 5 nitrogen and oxygen atoms in total. The molecule has 0 heterocycles. The molecule has 2 aliphatic carbocycles. The van der Waals surface area contributed by atoms with Crippen molar-refractivity contribution in [2.45, 2.75) is 51.4 Å². The van der Waals surface area contributed by atoms with Gasteiger partial charge < -0.3 is 5.11 Å². The first-order valence-corrected chi connectivity index (χ1v) is 7.17. The van der Waals surface area contributed by atoms with E-state index in [9.17, 15) is 13.5 Å². The van der Waals surface area contributed by atoms with Crippen LogP contribution in [0, 0.1) is 11.8 Å². The summed E-state index contributed by atoms with van der Waals surface area (Å²) in [6.07, 6.45) is 2.37. The number of aliphatic hydroxyl groups is 1. The van der Waals surface area contributed by atoms with E-state index >= 15 is 0 Å². The minimum absolute atomic E-state index is 0.0513. The zero-order valence-electron chi connectivity index (χ0n) is 9.64. The molecule has 3 atom stereocenters. The van der Waals surface area contributed by atoms with Crippen LogP contribution in [0.25, 0.3) is 0 Å². The SMILES string of the molecule is CCC1CC1C(O)NS(=O)(=O)OC1(C)CC1. The highest BCUT2D eigenvalue weighted by molar-refractivity contribution is 7.84. The van der Waals surface area contributed by atoms with Crippen LogP contribution < -0.4 is 4.72 Å². The van der Waals surface area contributed by atoms with Gasteiger partial charge >= 0.3 is 10.3 Å². The quantitative estimate of drug-likeness (QED) is 0.681. The predicted octanol–water partition coefficient (Wildman–Crippen LogP) is 0.754. The summed E-state index contributed by atoms with van der Waals surface area (Å²) in [7, 11) is -3.81. The predicted molar refractivity (Wildman–Crippen MR) is 58.7 cm³/mol. The van der Waals surface area contributed by atoms with E-state index < -0.39 is 22.1 Å². The summed E-state index contributed by atoms with van der Waals surface area (Å²) in [5.41, 5.74) is -0.542. The maximum atomic E-state index is 11.5. The molecule has 2 rings (SSSR count). The Morgan fingerprint density at radius 2 is 2.19 bits per heavy atom. The van der Waals surface area contributed by atoms with Crippen molar-refractivity contribution in [3.63, 3.8) is 0 Å². The fourth-order valence-electron chi connectivity index (χ4n) is 1.91. The van der Waals surface area contributed by atoms with Crippen LogP contribution in [0.2, 0.25) is 0 Å². The maximum Gasteiger partial charge on any atom is 0.338 e. The third kappa shape index (κ3) is 2.94. The second kappa shape index (κ2) is 3.94. The first-order chi connectivity index (χ1) is 7.35. The van der Waals surface area contributed by atoms with E-state index in [1.165, 1.54) is 0 Å². The Labute approximate surface area is 96.4 Å². The monoisotopic (exact) mass is 249 g/mol. The van der Waals surface area contributed by atoms with Crippen LogP contribution in [0.15, 0.2) is 0 Å². The molecule has 0 spiro atoms. The van der Waals surface area contributed by atoms with Gasteiger partial charge in [-0.05, 0) is 32.1 Å². The Morgan fingerprint density at radius 1 is 1.56 bits per heavy atom. The van der Waals surface area contributed by atoms with Crippen molar-refractivity contribution in [2.75, 3.05) is 0 Å². The number of rotatable bonds is 6. The first kappa shape index (κ1) is 12.3. The molecule has 2 aliphatic rings. The highest BCUT2D eigenvalue weighted by atomic mass is 32.2. The van der Waals surface area contributed by atoms with Gasteiger partial charge in [-0.25, -0.2) is 0 Å². The minimum Gasteiger partial charge on any atom is -0.377 e. The summed E-state index contributed by atoms with van der Waals surface area (Å²) in [5, 5.41) is 9.67. The molecule has 6 heteroatoms. The van der Waals surface area contributed by atoms with Gasteiger partial charge in [-0.2, -0.15) is 13.1 Å². The Morgan fingerprint density at radius 3 is 2.62 bits per heavy atom. The van der Waals surface area contributed by atoms with Gasteiger partial charge in [0.2, 0.25) is 0 Å². The van der Waals surface area contributed by atoms with Gasteiger partial charge in [0.15, 0.2) is 0 Å². The van der Waals surface area contributed by atoms with Crippen molar-refractivity contribution < 1.29 is 17.7 Å². The molecule has 0 aromatic carbocycles. The lowest BCUT2D eigenvalue weighted by atomic mass is 10.2. The van der Waals surface area contributed by atoms with Crippen LogP contribution >= 0.6 is 0 Å². The highest BCUT2D eigenvalue weighted by Crippen LogP contribution is 2.43. The number of hydrogen-bond donors (Lipinski definition) is 2. The minimum atomic E-state index is -3.81. The average molecular weight is 249 g/mol. The maximum absolute atomic E-state index is 11.5. The normalized spacial score (nSPS) is 33.4. The van der Waals surface area contributed by atoms with Crippen molar-refractivity contribution >= 4 is 10.3 Å². The van der Waals surface area contributed by atoms with E-state index in [1.807, 2.05) is 6.92 Å². The van der Waals surface area contributed by atoms with Gasteiger partial charge in [0.05, 0.1) is 5.60 Å². The van der Waals surface area contributed by atoms with Gasteiger partial charge in [0.25, 0.3) is 0 Å². The molecule has 0 amide bonds. The molecule has 2 saturated carbocycles. The lowest BCUT2D eigenvalue weighted by molar-refractivity contribution is 0.120. The van der Waals surface area contributed by atoms with E-state index in [0.29, 0.717) is 5.92 Å². The van der Waals surface area contributed by atoms with Crippen molar-refractivity contribution in [3.05, 3.63) is 0 Å². The van der Waals surface area contributed by atoms with Crippen molar-refractivity contribution in [1.82, 2.24) is 4.72 Å². The van der Waals surface area contributed by atoms with Gasteiger partial charge in [-0.3, -0.25) is 4.18 Å². The molecule has 2 N–H and O–H groups in total. The molecule has 3 unspecified atom stereocenters. The third-order valence-electron chi connectivity index (χ3n) is 3.44. The summed E-state index contributed by atoms with van der Waals surface area (Å²) in [6.45, 7) is 3.79. The van der Waals surface area contributed by atoms with Crippen molar-refractivity contribution in [2.24, 2.45) is 11.8 Å². The molecule has 0 bridgehead atoms. The molecule has 0 saturated heterocycles. The Hall–Kier alpha value is -0.170. The summed E-state index contributed by atoms with van der Waals surface area (Å²) in [5.74, 6) is 0.490. The van der Waals surface area contributed by atoms with E-state index in [4.69, 9.17) is 4.18 Å². The van der Waals surface area contributed by atoms with Crippen molar-refractivity contribution in [3.8, 4) is 0 Å². The van der Waals surface area contributed by atoms with Crippen molar-refractivity contribution in [1.29, 1.82) is 0 Å². The fraction of sp³-hybridized carbons (Fsp3) is 1.00. The molecule has 2 fully saturated rings. The second-order valence-electron chi connectivity index (χ2n) is 5.12. The summed E-state index contributed by atoms with van der Waals surface area (Å²) in [4.78, 5) is 0.